The Bertz CT molecular complexity index is 1220. The summed E-state index contributed by atoms with van der Waals surface area (Å²) < 4.78 is 65.8. The average molecular weight is 548 g/mol. The highest BCUT2D eigenvalue weighted by atomic mass is 35.5. The lowest BCUT2D eigenvalue weighted by atomic mass is 10.1. The maximum absolute atomic E-state index is 13.4. The highest BCUT2D eigenvalue weighted by Gasteiger charge is 2.35. The molecule has 0 radical (unpaired) electrons. The Morgan fingerprint density at radius 1 is 1.08 bits per heavy atom. The van der Waals surface area contributed by atoms with Crippen molar-refractivity contribution in [2.45, 2.75) is 52.5 Å². The molecule has 2 amide bonds. The third-order valence-corrected chi connectivity index (χ3v) is 6.73. The van der Waals surface area contributed by atoms with Gasteiger partial charge in [-0.2, -0.15) is 13.2 Å². The van der Waals surface area contributed by atoms with Gasteiger partial charge >= 0.3 is 6.18 Å². The molecule has 36 heavy (non-hydrogen) atoms. The normalized spacial score (nSPS) is 12.8. The third-order valence-electron chi connectivity index (χ3n) is 5.26. The first-order chi connectivity index (χ1) is 16.5. The summed E-state index contributed by atoms with van der Waals surface area (Å²) in [5.41, 5.74) is 0.00326. The zero-order chi connectivity index (χ0) is 27.4. The summed E-state index contributed by atoms with van der Waals surface area (Å²) in [4.78, 5) is 27.4. The van der Waals surface area contributed by atoms with Gasteiger partial charge in [0.05, 0.1) is 22.5 Å². The van der Waals surface area contributed by atoms with Gasteiger partial charge in [-0.1, -0.05) is 41.4 Å². The Hall–Kier alpha value is -2.79. The molecule has 0 aromatic heterocycles. The van der Waals surface area contributed by atoms with Crippen LogP contribution >= 0.6 is 11.6 Å². The molecule has 2 aromatic carbocycles. The number of aryl methyl sites for hydroxylation is 1. The number of carbonyl (C=O) groups is 2. The third kappa shape index (κ3) is 7.86. The van der Waals surface area contributed by atoms with Crippen molar-refractivity contribution in [3.8, 4) is 0 Å². The fourth-order valence-electron chi connectivity index (χ4n) is 3.49. The van der Waals surface area contributed by atoms with Gasteiger partial charge in [-0.25, -0.2) is 8.42 Å². The van der Waals surface area contributed by atoms with Gasteiger partial charge in [0.25, 0.3) is 0 Å². The molecule has 7 nitrogen and oxygen atoms in total. The molecule has 12 heteroatoms. The largest absolute Gasteiger partial charge is 0.417 e. The Balaban J connectivity index is 2.48. The summed E-state index contributed by atoms with van der Waals surface area (Å²) in [6, 6.07) is 8.60. The van der Waals surface area contributed by atoms with Crippen LogP contribution in [0.3, 0.4) is 0 Å². The summed E-state index contributed by atoms with van der Waals surface area (Å²) in [5.74, 6) is -1.22. The average Bonchev–Trinajstić information content (AvgIpc) is 2.73. The number of nitrogens with one attached hydrogen (secondary N) is 1. The van der Waals surface area contributed by atoms with Crippen LogP contribution in [0, 0.1) is 6.92 Å². The zero-order valence-corrected chi connectivity index (χ0v) is 22.1. The first-order valence-corrected chi connectivity index (χ1v) is 13.2. The molecule has 0 aliphatic heterocycles. The Kier molecular flexibility index (Phi) is 9.41. The quantitative estimate of drug-likeness (QED) is 0.505. The lowest BCUT2D eigenvalue weighted by molar-refractivity contribution is -0.139. The van der Waals surface area contributed by atoms with E-state index in [1.54, 1.807) is 26.0 Å². The van der Waals surface area contributed by atoms with E-state index in [-0.39, 0.29) is 18.3 Å². The molecular weight excluding hydrogens is 519 g/mol. The fraction of sp³-hybridized carbons (Fsp3) is 0.417. The van der Waals surface area contributed by atoms with Gasteiger partial charge in [0, 0.05) is 12.6 Å². The summed E-state index contributed by atoms with van der Waals surface area (Å²) in [5, 5.41) is 2.11. The Morgan fingerprint density at radius 2 is 1.72 bits per heavy atom. The number of alkyl halides is 3. The van der Waals surface area contributed by atoms with Gasteiger partial charge in [0.2, 0.25) is 21.8 Å². The number of amides is 2. The maximum Gasteiger partial charge on any atom is 0.417 e. The predicted octanol–water partition coefficient (Wildman–Crippen LogP) is 4.38. The number of carbonyl (C=O) groups excluding carboxylic acids is 2. The van der Waals surface area contributed by atoms with E-state index in [9.17, 15) is 31.2 Å². The van der Waals surface area contributed by atoms with E-state index in [2.05, 4.69) is 5.32 Å². The molecule has 0 spiro atoms. The highest BCUT2D eigenvalue weighted by molar-refractivity contribution is 7.92. The lowest BCUT2D eigenvalue weighted by Gasteiger charge is -2.32. The maximum atomic E-state index is 13.4. The molecule has 1 N–H and O–H groups in total. The minimum atomic E-state index is -4.83. The molecule has 1 atom stereocenters. The lowest BCUT2D eigenvalue weighted by Crippen LogP contribution is -2.52. The number of anilines is 1. The predicted molar refractivity (Wildman–Crippen MR) is 133 cm³/mol. The van der Waals surface area contributed by atoms with E-state index < -0.39 is 51.2 Å². The van der Waals surface area contributed by atoms with Crippen LogP contribution in [0.5, 0.6) is 0 Å². The highest BCUT2D eigenvalue weighted by Crippen LogP contribution is 2.37. The minimum absolute atomic E-state index is 0.0147. The number of halogens is 4. The summed E-state index contributed by atoms with van der Waals surface area (Å²) in [7, 11) is -4.19. The van der Waals surface area contributed by atoms with E-state index in [4.69, 9.17) is 11.6 Å². The number of hydrogen-bond donors (Lipinski definition) is 1. The summed E-state index contributed by atoms with van der Waals surface area (Å²) in [6.07, 6.45) is -4.05. The van der Waals surface area contributed by atoms with E-state index in [0.717, 1.165) is 24.0 Å². The molecule has 0 unspecified atom stereocenters. The fourth-order valence-corrected chi connectivity index (χ4v) is 4.56. The number of nitrogens with zero attached hydrogens (tertiary/aromatic N) is 2. The number of sulfonamides is 1. The molecule has 0 saturated carbocycles. The van der Waals surface area contributed by atoms with Crippen LogP contribution in [0.2, 0.25) is 5.02 Å². The SMILES string of the molecule is Cc1cccc(CN(C(=O)CN(c2ccc(Cl)c(C(F)(F)F)c2)S(C)(=O)=O)[C@H](C)C(=O)NC(C)C)c1. The van der Waals surface area contributed by atoms with Crippen LogP contribution in [-0.4, -0.2) is 50.0 Å². The van der Waals surface area contributed by atoms with Gasteiger partial charge in [0.15, 0.2) is 0 Å². The first-order valence-electron chi connectivity index (χ1n) is 11.0. The van der Waals surface area contributed by atoms with Crippen molar-refractivity contribution in [3.63, 3.8) is 0 Å². The van der Waals surface area contributed by atoms with Crippen molar-refractivity contribution in [3.05, 3.63) is 64.2 Å². The van der Waals surface area contributed by atoms with Crippen molar-refractivity contribution in [2.24, 2.45) is 0 Å². The van der Waals surface area contributed by atoms with E-state index >= 15 is 0 Å². The molecule has 198 valence electrons. The minimum Gasteiger partial charge on any atom is -0.352 e. The smallest absolute Gasteiger partial charge is 0.352 e. The monoisotopic (exact) mass is 547 g/mol. The van der Waals surface area contributed by atoms with Crippen LogP contribution in [0.25, 0.3) is 0 Å². The van der Waals surface area contributed by atoms with Crippen molar-refractivity contribution in [2.75, 3.05) is 17.1 Å². The second-order valence-electron chi connectivity index (χ2n) is 8.78. The standard InChI is InChI=1S/C24H29ClF3N3O4S/c1-15(2)29-23(33)17(4)30(13-18-8-6-7-16(3)11-18)22(32)14-31(36(5,34)35)19-9-10-21(25)20(12-19)24(26,27)28/h6-12,15,17H,13-14H2,1-5H3,(H,29,33)/t17-/m1/s1. The molecule has 0 heterocycles. The molecule has 0 fully saturated rings. The van der Waals surface area contributed by atoms with Gasteiger partial charge in [-0.05, 0) is 51.5 Å². The number of rotatable bonds is 9. The van der Waals surface area contributed by atoms with Gasteiger partial charge in [-0.15, -0.1) is 0 Å². The summed E-state index contributed by atoms with van der Waals surface area (Å²) >= 11 is 5.67. The first kappa shape index (κ1) is 29.4. The van der Waals surface area contributed by atoms with Crippen LogP contribution in [0.1, 0.15) is 37.5 Å². The molecule has 2 rings (SSSR count). The van der Waals surface area contributed by atoms with Gasteiger partial charge in [-0.3, -0.25) is 13.9 Å². The summed E-state index contributed by atoms with van der Waals surface area (Å²) in [6.45, 7) is 6.03. The van der Waals surface area contributed by atoms with Crippen molar-refractivity contribution >= 4 is 39.1 Å². The zero-order valence-electron chi connectivity index (χ0n) is 20.6. The number of hydrogen-bond acceptors (Lipinski definition) is 4. The molecule has 0 saturated heterocycles. The van der Waals surface area contributed by atoms with Crippen LogP contribution in [-0.2, 0) is 32.3 Å². The molecule has 0 bridgehead atoms. The van der Waals surface area contributed by atoms with Crippen LogP contribution in [0.4, 0.5) is 18.9 Å². The van der Waals surface area contributed by atoms with Crippen molar-refractivity contribution in [1.29, 1.82) is 0 Å². The second kappa shape index (κ2) is 11.5. The van der Waals surface area contributed by atoms with E-state index in [0.29, 0.717) is 15.9 Å². The Morgan fingerprint density at radius 3 is 2.25 bits per heavy atom. The van der Waals surface area contributed by atoms with Gasteiger partial charge < -0.3 is 10.2 Å². The topological polar surface area (TPSA) is 86.8 Å². The van der Waals surface area contributed by atoms with Crippen molar-refractivity contribution in [1.82, 2.24) is 10.2 Å². The molecular formula is C24H29ClF3N3O4S. The molecule has 0 aliphatic rings. The molecule has 2 aromatic rings. The van der Waals surface area contributed by atoms with E-state index in [1.807, 2.05) is 19.1 Å². The van der Waals surface area contributed by atoms with Crippen molar-refractivity contribution < 1.29 is 31.2 Å². The van der Waals surface area contributed by atoms with E-state index in [1.165, 1.54) is 11.8 Å². The molecule has 0 aliphatic carbocycles. The van der Waals surface area contributed by atoms with Crippen LogP contribution < -0.4 is 9.62 Å². The Labute approximate surface area is 214 Å². The van der Waals surface area contributed by atoms with Gasteiger partial charge in [0.1, 0.15) is 12.6 Å². The second-order valence-corrected chi connectivity index (χ2v) is 11.1. The van der Waals surface area contributed by atoms with Crippen LogP contribution in [0.15, 0.2) is 42.5 Å². The number of benzene rings is 2.